The largest absolute Gasteiger partial charge is 0.372 e. The number of aromatic nitrogens is 1. The zero-order chi connectivity index (χ0) is 17.4. The number of fused-ring (bicyclic) bond motifs is 1. The molecule has 1 aliphatic rings. The first-order valence-electron chi connectivity index (χ1n) is 8.50. The lowest BCUT2D eigenvalue weighted by atomic mass is 10.0. The van der Waals surface area contributed by atoms with E-state index in [4.69, 9.17) is 9.72 Å². The number of thiophene rings is 1. The van der Waals surface area contributed by atoms with Crippen LogP contribution in [-0.4, -0.2) is 41.1 Å². The van der Waals surface area contributed by atoms with Crippen molar-refractivity contribution in [2.75, 3.05) is 13.1 Å². The highest BCUT2D eigenvalue weighted by Crippen LogP contribution is 2.29. The smallest absolute Gasteiger partial charge is 0.254 e. The molecule has 1 amide bonds. The molecule has 0 saturated carbocycles. The Morgan fingerprint density at radius 1 is 1.16 bits per heavy atom. The van der Waals surface area contributed by atoms with E-state index < -0.39 is 0 Å². The molecule has 0 radical (unpaired) electrons. The van der Waals surface area contributed by atoms with E-state index in [2.05, 4.69) is 0 Å². The van der Waals surface area contributed by atoms with Crippen molar-refractivity contribution in [2.45, 2.75) is 26.1 Å². The molecule has 3 aromatic rings. The van der Waals surface area contributed by atoms with Gasteiger partial charge >= 0.3 is 0 Å². The normalized spacial score (nSPS) is 20.8. The third kappa shape index (κ3) is 3.17. The second-order valence-electron chi connectivity index (χ2n) is 6.52. The SMILES string of the molecule is CC1CN(C(=O)c2cc(-c3cccs3)nc3ccccc23)CC(C)O1. The van der Waals surface area contributed by atoms with E-state index >= 15 is 0 Å². The van der Waals surface area contributed by atoms with E-state index in [0.717, 1.165) is 27.0 Å². The van der Waals surface area contributed by atoms with Crippen molar-refractivity contribution < 1.29 is 9.53 Å². The molecule has 0 bridgehead atoms. The number of ether oxygens (including phenoxy) is 1. The Morgan fingerprint density at radius 2 is 1.92 bits per heavy atom. The number of amides is 1. The third-order valence-electron chi connectivity index (χ3n) is 4.43. The van der Waals surface area contributed by atoms with Crippen LogP contribution in [0.2, 0.25) is 0 Å². The van der Waals surface area contributed by atoms with Gasteiger partial charge in [-0.1, -0.05) is 24.3 Å². The Hall–Kier alpha value is -2.24. The molecule has 4 nitrogen and oxygen atoms in total. The summed E-state index contributed by atoms with van der Waals surface area (Å²) in [5, 5.41) is 2.93. The summed E-state index contributed by atoms with van der Waals surface area (Å²) in [6.07, 6.45) is 0.107. The van der Waals surface area contributed by atoms with Gasteiger partial charge in [-0.15, -0.1) is 11.3 Å². The van der Waals surface area contributed by atoms with Gasteiger partial charge in [0.25, 0.3) is 5.91 Å². The zero-order valence-corrected chi connectivity index (χ0v) is 15.1. The van der Waals surface area contributed by atoms with Crippen LogP contribution in [0.5, 0.6) is 0 Å². The molecule has 3 heterocycles. The van der Waals surface area contributed by atoms with E-state index in [-0.39, 0.29) is 18.1 Å². The lowest BCUT2D eigenvalue weighted by Crippen LogP contribution is -2.48. The third-order valence-corrected chi connectivity index (χ3v) is 5.32. The van der Waals surface area contributed by atoms with Crippen LogP contribution in [0.4, 0.5) is 0 Å². The van der Waals surface area contributed by atoms with Crippen molar-refractivity contribution in [2.24, 2.45) is 0 Å². The quantitative estimate of drug-likeness (QED) is 0.694. The lowest BCUT2D eigenvalue weighted by Gasteiger charge is -2.35. The van der Waals surface area contributed by atoms with Crippen molar-refractivity contribution in [3.8, 4) is 10.6 Å². The molecule has 2 aromatic heterocycles. The predicted octanol–water partition coefficient (Wildman–Crippen LogP) is 4.21. The van der Waals surface area contributed by atoms with Crippen molar-refractivity contribution in [3.05, 3.63) is 53.4 Å². The molecular weight excluding hydrogens is 332 g/mol. The highest BCUT2D eigenvalue weighted by atomic mass is 32.1. The van der Waals surface area contributed by atoms with Gasteiger partial charge in [0.2, 0.25) is 0 Å². The number of nitrogens with zero attached hydrogens (tertiary/aromatic N) is 2. The standard InChI is InChI=1S/C20H20N2O2S/c1-13-11-22(12-14(2)24-13)20(23)16-10-18(19-8-5-9-25-19)21-17-7-4-3-6-15(16)17/h3-10,13-14H,11-12H2,1-2H3. The van der Waals surface area contributed by atoms with Crippen molar-refractivity contribution >= 4 is 28.1 Å². The summed E-state index contributed by atoms with van der Waals surface area (Å²) in [5.74, 6) is 0.0541. The van der Waals surface area contributed by atoms with Gasteiger partial charge in [-0.2, -0.15) is 0 Å². The fourth-order valence-electron chi connectivity index (χ4n) is 3.42. The van der Waals surface area contributed by atoms with Crippen LogP contribution < -0.4 is 0 Å². The van der Waals surface area contributed by atoms with E-state index in [1.807, 2.05) is 66.6 Å². The Labute approximate surface area is 151 Å². The maximum atomic E-state index is 13.3. The molecule has 0 spiro atoms. The molecule has 1 aromatic carbocycles. The molecule has 0 N–H and O–H groups in total. The zero-order valence-electron chi connectivity index (χ0n) is 14.3. The number of hydrogen-bond donors (Lipinski definition) is 0. The van der Waals surface area contributed by atoms with Gasteiger partial charge in [0.05, 0.1) is 33.9 Å². The summed E-state index contributed by atoms with van der Waals surface area (Å²) in [6.45, 7) is 5.26. The summed E-state index contributed by atoms with van der Waals surface area (Å²) in [7, 11) is 0. The molecule has 2 unspecified atom stereocenters. The van der Waals surface area contributed by atoms with Crippen LogP contribution in [-0.2, 0) is 4.74 Å². The Bertz CT molecular complexity index is 897. The van der Waals surface area contributed by atoms with Gasteiger partial charge < -0.3 is 9.64 Å². The van der Waals surface area contributed by atoms with Crippen LogP contribution in [0.1, 0.15) is 24.2 Å². The minimum absolute atomic E-state index is 0.0533. The van der Waals surface area contributed by atoms with Crippen LogP contribution in [0.3, 0.4) is 0 Å². The topological polar surface area (TPSA) is 42.4 Å². The molecule has 1 aliphatic heterocycles. The molecule has 0 aliphatic carbocycles. The van der Waals surface area contributed by atoms with E-state index in [0.29, 0.717) is 13.1 Å². The first-order chi connectivity index (χ1) is 12.1. The molecule has 4 rings (SSSR count). The van der Waals surface area contributed by atoms with E-state index in [9.17, 15) is 4.79 Å². The van der Waals surface area contributed by atoms with Gasteiger partial charge in [0.15, 0.2) is 0 Å². The van der Waals surface area contributed by atoms with Crippen molar-refractivity contribution in [1.82, 2.24) is 9.88 Å². The Balaban J connectivity index is 1.81. The van der Waals surface area contributed by atoms with Gasteiger partial charge in [0, 0.05) is 18.5 Å². The molecular formula is C20H20N2O2S. The number of carbonyl (C=O) groups excluding carboxylic acids is 1. The number of benzene rings is 1. The number of carbonyl (C=O) groups is 1. The van der Waals surface area contributed by atoms with Crippen molar-refractivity contribution in [3.63, 3.8) is 0 Å². The number of morpholine rings is 1. The van der Waals surface area contributed by atoms with Crippen LogP contribution in [0.15, 0.2) is 47.8 Å². The average Bonchev–Trinajstić information content (AvgIpc) is 3.14. The minimum atomic E-state index is 0.0533. The number of para-hydroxylation sites is 1. The number of pyridine rings is 1. The molecule has 1 saturated heterocycles. The highest BCUT2D eigenvalue weighted by molar-refractivity contribution is 7.13. The molecule has 2 atom stereocenters. The summed E-state index contributed by atoms with van der Waals surface area (Å²) >= 11 is 1.63. The average molecular weight is 352 g/mol. The van der Waals surface area contributed by atoms with Crippen molar-refractivity contribution in [1.29, 1.82) is 0 Å². The lowest BCUT2D eigenvalue weighted by molar-refractivity contribution is -0.0585. The second-order valence-corrected chi connectivity index (χ2v) is 7.46. The maximum Gasteiger partial charge on any atom is 0.254 e. The predicted molar refractivity (Wildman–Crippen MR) is 101 cm³/mol. The first kappa shape index (κ1) is 16.2. The van der Waals surface area contributed by atoms with E-state index in [1.165, 1.54) is 0 Å². The minimum Gasteiger partial charge on any atom is -0.372 e. The summed E-state index contributed by atoms with van der Waals surface area (Å²) < 4.78 is 5.77. The fraction of sp³-hybridized carbons (Fsp3) is 0.300. The molecule has 5 heteroatoms. The van der Waals surface area contributed by atoms with E-state index in [1.54, 1.807) is 11.3 Å². The van der Waals surface area contributed by atoms with Crippen LogP contribution >= 0.6 is 11.3 Å². The van der Waals surface area contributed by atoms with Gasteiger partial charge in [-0.25, -0.2) is 4.98 Å². The molecule has 1 fully saturated rings. The van der Waals surface area contributed by atoms with Crippen LogP contribution in [0.25, 0.3) is 21.5 Å². The molecule has 128 valence electrons. The Morgan fingerprint density at radius 3 is 2.64 bits per heavy atom. The maximum absolute atomic E-state index is 13.3. The van der Waals surface area contributed by atoms with Crippen LogP contribution in [0, 0.1) is 0 Å². The second kappa shape index (κ2) is 6.58. The first-order valence-corrected chi connectivity index (χ1v) is 9.38. The fourth-order valence-corrected chi connectivity index (χ4v) is 4.10. The van der Waals surface area contributed by atoms with Gasteiger partial charge in [-0.3, -0.25) is 4.79 Å². The number of rotatable bonds is 2. The van der Waals surface area contributed by atoms with Gasteiger partial charge in [0.1, 0.15) is 0 Å². The van der Waals surface area contributed by atoms with Gasteiger partial charge in [-0.05, 0) is 37.4 Å². The summed E-state index contributed by atoms with van der Waals surface area (Å²) in [5.41, 5.74) is 2.42. The summed E-state index contributed by atoms with van der Waals surface area (Å²) in [4.78, 5) is 21.0. The monoisotopic (exact) mass is 352 g/mol. The highest BCUT2D eigenvalue weighted by Gasteiger charge is 2.28. The number of hydrogen-bond acceptors (Lipinski definition) is 4. The summed E-state index contributed by atoms with van der Waals surface area (Å²) in [6, 6.07) is 13.8. The molecule has 25 heavy (non-hydrogen) atoms. The Kier molecular flexibility index (Phi) is 4.27.